The zero-order chi connectivity index (χ0) is 17.5. The van der Waals surface area contributed by atoms with Crippen molar-refractivity contribution >= 4 is 7.82 Å². The highest BCUT2D eigenvalue weighted by molar-refractivity contribution is 7.49. The second-order valence-electron chi connectivity index (χ2n) is 5.18. The third-order valence-electron chi connectivity index (χ3n) is 3.23. The Morgan fingerprint density at radius 3 is 1.68 bits per heavy atom. The molecule has 0 aliphatic heterocycles. The lowest BCUT2D eigenvalue weighted by Gasteiger charge is -2.18. The first kappa shape index (κ1) is 17.1. The summed E-state index contributed by atoms with van der Waals surface area (Å²) in [5, 5.41) is 0. The van der Waals surface area contributed by atoms with Gasteiger partial charge in [-0.25, -0.2) is 4.57 Å². The molecule has 0 aromatic heterocycles. The monoisotopic (exact) mass is 356 g/mol. The fourth-order valence-corrected chi connectivity index (χ4v) is 3.04. The van der Waals surface area contributed by atoms with Gasteiger partial charge in [0.1, 0.15) is 11.5 Å². The number of rotatable bonds is 7. The van der Waals surface area contributed by atoms with E-state index >= 15 is 0 Å². The third-order valence-corrected chi connectivity index (χ3v) is 4.36. The first-order chi connectivity index (χ1) is 12.1. The number of phosphoric ester groups is 1. The average Bonchev–Trinajstić information content (AvgIpc) is 2.63. The van der Waals surface area contributed by atoms with Gasteiger partial charge < -0.3 is 13.9 Å². The SMILES string of the molecule is Cc1ccccc1OOP(=O)(Oc1ccccc1)Oc1ccccc1. The van der Waals surface area contributed by atoms with Crippen LogP contribution in [0, 0.1) is 6.92 Å². The van der Waals surface area contributed by atoms with Crippen LogP contribution in [0.4, 0.5) is 0 Å². The highest BCUT2D eigenvalue weighted by Crippen LogP contribution is 2.49. The molecule has 0 aliphatic rings. The molecule has 0 amide bonds. The summed E-state index contributed by atoms with van der Waals surface area (Å²) in [5.41, 5.74) is 0.827. The lowest BCUT2D eigenvalue weighted by Crippen LogP contribution is -2.08. The molecule has 0 fully saturated rings. The largest absolute Gasteiger partial charge is 0.625 e. The number of para-hydroxylation sites is 3. The molecule has 5 nitrogen and oxygen atoms in total. The second kappa shape index (κ2) is 7.88. The van der Waals surface area contributed by atoms with Crippen LogP contribution in [0.15, 0.2) is 84.9 Å². The van der Waals surface area contributed by atoms with E-state index in [0.29, 0.717) is 17.2 Å². The first-order valence-corrected chi connectivity index (χ1v) is 9.12. The van der Waals surface area contributed by atoms with Crippen LogP contribution in [0.25, 0.3) is 0 Å². The van der Waals surface area contributed by atoms with Crippen molar-refractivity contribution < 1.29 is 23.2 Å². The smallest absolute Gasteiger partial charge is 0.393 e. The zero-order valence-electron chi connectivity index (χ0n) is 13.6. The summed E-state index contributed by atoms with van der Waals surface area (Å²) >= 11 is 0. The van der Waals surface area contributed by atoms with Crippen LogP contribution in [0.5, 0.6) is 17.2 Å². The minimum Gasteiger partial charge on any atom is -0.393 e. The second-order valence-corrected chi connectivity index (χ2v) is 6.59. The Labute approximate surface area is 146 Å². The van der Waals surface area contributed by atoms with Gasteiger partial charge in [-0.2, -0.15) is 0 Å². The van der Waals surface area contributed by atoms with Crippen LogP contribution in [-0.4, -0.2) is 0 Å². The van der Waals surface area contributed by atoms with Crippen molar-refractivity contribution in [2.24, 2.45) is 0 Å². The van der Waals surface area contributed by atoms with Crippen molar-refractivity contribution in [2.45, 2.75) is 6.92 Å². The van der Waals surface area contributed by atoms with E-state index in [-0.39, 0.29) is 0 Å². The van der Waals surface area contributed by atoms with E-state index in [1.807, 2.05) is 31.2 Å². The van der Waals surface area contributed by atoms with Crippen molar-refractivity contribution in [1.82, 2.24) is 0 Å². The molecule has 0 atom stereocenters. The van der Waals surface area contributed by atoms with E-state index in [9.17, 15) is 4.57 Å². The Morgan fingerprint density at radius 1 is 0.680 bits per heavy atom. The van der Waals surface area contributed by atoms with E-state index in [0.717, 1.165) is 5.56 Å². The van der Waals surface area contributed by atoms with Crippen molar-refractivity contribution in [3.8, 4) is 17.2 Å². The molecule has 3 rings (SSSR count). The summed E-state index contributed by atoms with van der Waals surface area (Å²) in [6, 6.07) is 24.5. The van der Waals surface area contributed by atoms with Gasteiger partial charge >= 0.3 is 7.82 Å². The number of phosphoric acid groups is 1. The molecule has 0 radical (unpaired) electrons. The van der Waals surface area contributed by atoms with Gasteiger partial charge in [0.05, 0.1) is 0 Å². The van der Waals surface area contributed by atoms with Crippen molar-refractivity contribution in [3.05, 3.63) is 90.5 Å². The normalized spacial score (nSPS) is 10.9. The van der Waals surface area contributed by atoms with Gasteiger partial charge in [0.15, 0.2) is 5.75 Å². The topological polar surface area (TPSA) is 54.0 Å². The van der Waals surface area contributed by atoms with Gasteiger partial charge in [-0.15, -0.1) is 0 Å². The van der Waals surface area contributed by atoms with Crippen LogP contribution in [0.2, 0.25) is 0 Å². The van der Waals surface area contributed by atoms with Crippen molar-refractivity contribution in [1.29, 1.82) is 0 Å². The number of aryl methyl sites for hydroxylation is 1. The number of hydrogen-bond donors (Lipinski definition) is 0. The molecular weight excluding hydrogens is 339 g/mol. The molecule has 3 aromatic carbocycles. The van der Waals surface area contributed by atoms with E-state index in [4.69, 9.17) is 18.6 Å². The Kier molecular flexibility index (Phi) is 5.39. The molecule has 6 heteroatoms. The quantitative estimate of drug-likeness (QED) is 0.315. The fourth-order valence-electron chi connectivity index (χ4n) is 2.01. The van der Waals surface area contributed by atoms with E-state index in [2.05, 4.69) is 0 Å². The van der Waals surface area contributed by atoms with Crippen LogP contribution in [0.1, 0.15) is 5.56 Å². The lowest BCUT2D eigenvalue weighted by atomic mass is 10.2. The molecule has 0 saturated carbocycles. The fraction of sp³-hybridized carbons (Fsp3) is 0.0526. The minimum absolute atomic E-state index is 0.343. The van der Waals surface area contributed by atoms with Gasteiger partial charge in [0.2, 0.25) is 0 Å². The lowest BCUT2D eigenvalue weighted by molar-refractivity contribution is -0.119. The maximum Gasteiger partial charge on any atom is 0.625 e. The van der Waals surface area contributed by atoms with Gasteiger partial charge in [0.25, 0.3) is 0 Å². The highest BCUT2D eigenvalue weighted by atomic mass is 31.2. The molecule has 0 N–H and O–H groups in total. The Morgan fingerprint density at radius 2 is 1.16 bits per heavy atom. The molecule has 0 heterocycles. The molecule has 0 spiro atoms. The third kappa shape index (κ3) is 4.86. The maximum atomic E-state index is 13.0. The van der Waals surface area contributed by atoms with Gasteiger partial charge in [0, 0.05) is 0 Å². The average molecular weight is 356 g/mol. The van der Waals surface area contributed by atoms with Crippen LogP contribution in [-0.2, 0) is 9.24 Å². The molecular formula is C19H17O5P. The molecule has 0 unspecified atom stereocenters. The zero-order valence-corrected chi connectivity index (χ0v) is 14.5. The molecule has 128 valence electrons. The van der Waals surface area contributed by atoms with Crippen LogP contribution < -0.4 is 13.9 Å². The van der Waals surface area contributed by atoms with Crippen molar-refractivity contribution in [3.63, 3.8) is 0 Å². The summed E-state index contributed by atoms with van der Waals surface area (Å²) in [5.74, 6) is 1.11. The summed E-state index contributed by atoms with van der Waals surface area (Å²) in [6.45, 7) is 1.85. The number of hydrogen-bond acceptors (Lipinski definition) is 5. The maximum absolute atomic E-state index is 13.0. The van der Waals surface area contributed by atoms with E-state index < -0.39 is 7.82 Å². The van der Waals surface area contributed by atoms with Gasteiger partial charge in [-0.1, -0.05) is 59.3 Å². The minimum atomic E-state index is -4.07. The molecule has 0 saturated heterocycles. The van der Waals surface area contributed by atoms with Crippen LogP contribution in [0.3, 0.4) is 0 Å². The Bertz CT molecular complexity index is 806. The van der Waals surface area contributed by atoms with Crippen molar-refractivity contribution in [2.75, 3.05) is 0 Å². The first-order valence-electron chi connectivity index (χ1n) is 7.66. The van der Waals surface area contributed by atoms with E-state index in [1.54, 1.807) is 60.7 Å². The predicted molar refractivity (Wildman–Crippen MR) is 94.6 cm³/mol. The van der Waals surface area contributed by atoms with Crippen LogP contribution >= 0.6 is 7.82 Å². The summed E-state index contributed by atoms with van der Waals surface area (Å²) in [7, 11) is -4.07. The highest BCUT2D eigenvalue weighted by Gasteiger charge is 2.34. The van der Waals surface area contributed by atoms with Gasteiger partial charge in [-0.3, -0.25) is 0 Å². The summed E-state index contributed by atoms with van der Waals surface area (Å²) in [4.78, 5) is 5.23. The molecule has 0 bridgehead atoms. The Balaban J connectivity index is 1.80. The number of benzene rings is 3. The molecule has 0 aliphatic carbocycles. The molecule has 3 aromatic rings. The van der Waals surface area contributed by atoms with Gasteiger partial charge in [-0.05, 0) is 42.8 Å². The van der Waals surface area contributed by atoms with E-state index in [1.165, 1.54) is 0 Å². The predicted octanol–water partition coefficient (Wildman–Crippen LogP) is 5.57. The standard InChI is InChI=1S/C19H17O5P/c1-16-10-8-9-15-19(16)21-24-25(20,22-17-11-4-2-5-12-17)23-18-13-6-3-7-14-18/h2-15H,1H3. The molecule has 25 heavy (non-hydrogen) atoms. The summed E-state index contributed by atoms with van der Waals surface area (Å²) in [6.07, 6.45) is 0. The summed E-state index contributed by atoms with van der Waals surface area (Å²) < 4.78 is 29.1. The Hall–Kier alpha value is -2.75.